The smallest absolute Gasteiger partial charge is 0.221 e. The van der Waals surface area contributed by atoms with Crippen LogP contribution in [-0.4, -0.2) is 17.6 Å². The lowest BCUT2D eigenvalue weighted by molar-refractivity contribution is -0.122. The third-order valence-electron chi connectivity index (χ3n) is 3.12. The van der Waals surface area contributed by atoms with Crippen LogP contribution < -0.4 is 10.1 Å². The van der Waals surface area contributed by atoms with Gasteiger partial charge in [0.05, 0.1) is 18.0 Å². The van der Waals surface area contributed by atoms with E-state index in [4.69, 9.17) is 33.2 Å². The van der Waals surface area contributed by atoms with E-state index in [1.807, 2.05) is 20.8 Å². The first kappa shape index (κ1) is 21.2. The highest BCUT2D eigenvalue weighted by Crippen LogP contribution is 2.25. The van der Waals surface area contributed by atoms with Crippen LogP contribution in [0.15, 0.2) is 18.2 Å². The molecule has 1 aromatic carbocycles. The van der Waals surface area contributed by atoms with Gasteiger partial charge in [-0.15, -0.1) is 0 Å². The molecule has 25 heavy (non-hydrogen) atoms. The summed E-state index contributed by atoms with van der Waals surface area (Å²) in [6.07, 6.45) is 1.39. The van der Waals surface area contributed by atoms with Crippen LogP contribution in [0.5, 0.6) is 5.75 Å². The minimum atomic E-state index is -0.636. The molecule has 0 radical (unpaired) electrons. The van der Waals surface area contributed by atoms with Gasteiger partial charge in [0.2, 0.25) is 5.91 Å². The fraction of sp³-hybridized carbons (Fsp3) is 0.474. The van der Waals surface area contributed by atoms with E-state index in [0.717, 1.165) is 6.42 Å². The van der Waals surface area contributed by atoms with Crippen molar-refractivity contribution < 1.29 is 9.53 Å². The van der Waals surface area contributed by atoms with Crippen molar-refractivity contribution in [2.45, 2.75) is 58.1 Å². The van der Waals surface area contributed by atoms with Gasteiger partial charge < -0.3 is 10.1 Å². The number of benzene rings is 1. The summed E-state index contributed by atoms with van der Waals surface area (Å²) < 4.78 is 5.77. The maximum atomic E-state index is 11.7. The first-order valence-electron chi connectivity index (χ1n) is 8.06. The lowest BCUT2D eigenvalue weighted by Crippen LogP contribution is -2.42. The molecule has 0 saturated heterocycles. The molecule has 134 valence electrons. The van der Waals surface area contributed by atoms with Gasteiger partial charge in [0.15, 0.2) is 0 Å². The average Bonchev–Trinajstić information content (AvgIpc) is 2.45. The second kappa shape index (κ2) is 10.2. The van der Waals surface area contributed by atoms with Gasteiger partial charge in [-0.2, -0.15) is 5.26 Å². The van der Waals surface area contributed by atoms with Gasteiger partial charge in [0.25, 0.3) is 0 Å². The molecule has 0 bridgehead atoms. The summed E-state index contributed by atoms with van der Waals surface area (Å²) in [6, 6.07) is 6.97. The first-order valence-corrected chi connectivity index (χ1v) is 8.82. The van der Waals surface area contributed by atoms with Crippen molar-refractivity contribution in [1.82, 2.24) is 5.32 Å². The first-order chi connectivity index (χ1) is 11.8. The van der Waals surface area contributed by atoms with Crippen molar-refractivity contribution in [3.05, 3.63) is 28.2 Å². The zero-order valence-corrected chi connectivity index (χ0v) is 16.2. The largest absolute Gasteiger partial charge is 0.488 e. The number of hydrogen-bond acceptors (Lipinski definition) is 3. The SMILES string of the molecule is CCCC(=O)NC(C)(C)C#CCC(CC#N)Oc1cc(Cl)cc(Cl)c1. The Morgan fingerprint density at radius 3 is 2.48 bits per heavy atom. The molecule has 4 nitrogen and oxygen atoms in total. The highest BCUT2D eigenvalue weighted by atomic mass is 35.5. The number of nitriles is 1. The molecule has 0 fully saturated rings. The van der Waals surface area contributed by atoms with E-state index in [1.54, 1.807) is 18.2 Å². The van der Waals surface area contributed by atoms with Crippen LogP contribution >= 0.6 is 23.2 Å². The van der Waals surface area contributed by atoms with Crippen molar-refractivity contribution in [2.75, 3.05) is 0 Å². The molecule has 1 rings (SSSR count). The van der Waals surface area contributed by atoms with Crippen LogP contribution in [0, 0.1) is 23.2 Å². The molecule has 1 amide bonds. The third kappa shape index (κ3) is 8.68. The minimum Gasteiger partial charge on any atom is -0.488 e. The van der Waals surface area contributed by atoms with Crippen LogP contribution in [0.1, 0.15) is 46.5 Å². The average molecular weight is 381 g/mol. The summed E-state index contributed by atoms with van der Waals surface area (Å²) in [5.41, 5.74) is -0.636. The highest BCUT2D eigenvalue weighted by Gasteiger charge is 2.17. The number of carbonyl (C=O) groups is 1. The zero-order valence-electron chi connectivity index (χ0n) is 14.7. The molecule has 0 aromatic heterocycles. The maximum Gasteiger partial charge on any atom is 0.221 e. The van der Waals surface area contributed by atoms with Crippen LogP contribution in [0.3, 0.4) is 0 Å². The molecule has 1 N–H and O–H groups in total. The van der Waals surface area contributed by atoms with Crippen molar-refractivity contribution >= 4 is 29.1 Å². The maximum absolute atomic E-state index is 11.7. The summed E-state index contributed by atoms with van der Waals surface area (Å²) in [5, 5.41) is 12.8. The fourth-order valence-corrected chi connectivity index (χ4v) is 2.61. The Balaban J connectivity index is 2.73. The summed E-state index contributed by atoms with van der Waals surface area (Å²) in [4.78, 5) is 11.7. The number of halogens is 2. The fourth-order valence-electron chi connectivity index (χ4n) is 2.10. The molecule has 1 unspecified atom stereocenters. The molecule has 0 saturated carbocycles. The second-order valence-corrected chi connectivity index (χ2v) is 7.01. The number of rotatable bonds is 7. The summed E-state index contributed by atoms with van der Waals surface area (Å²) in [7, 11) is 0. The van der Waals surface area contributed by atoms with Crippen LogP contribution in [0.25, 0.3) is 0 Å². The lowest BCUT2D eigenvalue weighted by Gasteiger charge is -2.20. The van der Waals surface area contributed by atoms with Gasteiger partial charge in [-0.1, -0.05) is 42.0 Å². The van der Waals surface area contributed by atoms with Gasteiger partial charge in [-0.3, -0.25) is 4.79 Å². The van der Waals surface area contributed by atoms with E-state index < -0.39 is 11.6 Å². The molecular formula is C19H22Cl2N2O2. The lowest BCUT2D eigenvalue weighted by atomic mass is 10.0. The van der Waals surface area contributed by atoms with Gasteiger partial charge >= 0.3 is 0 Å². The predicted molar refractivity (Wildman–Crippen MR) is 101 cm³/mol. The third-order valence-corrected chi connectivity index (χ3v) is 3.55. The van der Waals surface area contributed by atoms with Crippen molar-refractivity contribution in [1.29, 1.82) is 5.26 Å². The van der Waals surface area contributed by atoms with Crippen LogP contribution in [0.4, 0.5) is 0 Å². The molecule has 6 heteroatoms. The Morgan fingerprint density at radius 1 is 1.28 bits per heavy atom. The Labute approximate surface area is 159 Å². The Bertz CT molecular complexity index is 679. The molecule has 0 aliphatic heterocycles. The summed E-state index contributed by atoms with van der Waals surface area (Å²) >= 11 is 11.9. The number of hydrogen-bond donors (Lipinski definition) is 1. The van der Waals surface area contributed by atoms with E-state index in [2.05, 4.69) is 23.2 Å². The standard InChI is InChI=1S/C19H22Cl2N2O2/c1-4-6-18(24)23-19(2,3)9-5-7-16(8-10-22)25-17-12-14(20)11-15(21)13-17/h11-13,16H,4,6-8H2,1-3H3,(H,23,24). The van der Waals surface area contributed by atoms with Gasteiger partial charge in [0.1, 0.15) is 11.9 Å². The van der Waals surface area contributed by atoms with Crippen molar-refractivity contribution in [3.63, 3.8) is 0 Å². The molecule has 0 aliphatic rings. The van der Waals surface area contributed by atoms with Gasteiger partial charge in [-0.05, 0) is 38.5 Å². The zero-order chi connectivity index (χ0) is 18.9. The van der Waals surface area contributed by atoms with E-state index >= 15 is 0 Å². The number of carbonyl (C=O) groups excluding carboxylic acids is 1. The van der Waals surface area contributed by atoms with E-state index in [1.165, 1.54) is 0 Å². The molecular weight excluding hydrogens is 359 g/mol. The monoisotopic (exact) mass is 380 g/mol. The number of amides is 1. The molecule has 1 aromatic rings. The van der Waals surface area contributed by atoms with Gasteiger partial charge in [-0.25, -0.2) is 0 Å². The van der Waals surface area contributed by atoms with Crippen LogP contribution in [0.2, 0.25) is 10.0 Å². The second-order valence-electron chi connectivity index (χ2n) is 6.14. The van der Waals surface area contributed by atoms with Crippen molar-refractivity contribution in [2.24, 2.45) is 0 Å². The Hall–Kier alpha value is -1.88. The topological polar surface area (TPSA) is 62.1 Å². The van der Waals surface area contributed by atoms with Crippen LogP contribution in [-0.2, 0) is 4.79 Å². The minimum absolute atomic E-state index is 0.0276. The van der Waals surface area contributed by atoms with Crippen molar-refractivity contribution in [3.8, 4) is 23.7 Å². The quantitative estimate of drug-likeness (QED) is 0.694. The molecule has 0 heterocycles. The van der Waals surface area contributed by atoms with Gasteiger partial charge in [0, 0.05) is 22.9 Å². The summed E-state index contributed by atoms with van der Waals surface area (Å²) in [5.74, 6) is 6.49. The number of ether oxygens (including phenoxy) is 1. The van der Waals surface area contributed by atoms with E-state index in [0.29, 0.717) is 28.6 Å². The summed E-state index contributed by atoms with van der Waals surface area (Å²) in [6.45, 7) is 5.62. The molecule has 0 aliphatic carbocycles. The molecule has 0 spiro atoms. The van der Waals surface area contributed by atoms with E-state index in [-0.39, 0.29) is 12.3 Å². The van der Waals surface area contributed by atoms with E-state index in [9.17, 15) is 4.79 Å². The normalized spacial score (nSPS) is 11.7. The number of nitrogens with one attached hydrogen (secondary N) is 1. The predicted octanol–water partition coefficient (Wildman–Crippen LogP) is 4.74. The Morgan fingerprint density at radius 2 is 1.92 bits per heavy atom. The number of nitrogens with zero attached hydrogens (tertiary/aromatic N) is 1. The highest BCUT2D eigenvalue weighted by molar-refractivity contribution is 6.34. The Kier molecular flexibility index (Phi) is 8.62. The molecule has 1 atom stereocenters.